The molecule has 0 radical (unpaired) electrons. The van der Waals surface area contributed by atoms with Gasteiger partial charge in [0.05, 0.1) is 7.11 Å². The molecule has 1 heterocycles. The Balaban J connectivity index is 2.18. The van der Waals surface area contributed by atoms with Gasteiger partial charge in [0.15, 0.2) is 0 Å². The molecule has 2 rings (SSSR count). The van der Waals surface area contributed by atoms with E-state index in [1.807, 2.05) is 6.07 Å². The Kier molecular flexibility index (Phi) is 2.03. The summed E-state index contributed by atoms with van der Waals surface area (Å²) >= 11 is 0. The fourth-order valence-corrected chi connectivity index (χ4v) is 2.26. The minimum absolute atomic E-state index is 0.235. The van der Waals surface area contributed by atoms with Gasteiger partial charge in [-0.3, -0.25) is 0 Å². The summed E-state index contributed by atoms with van der Waals surface area (Å²) in [5.74, 6) is 2.32. The smallest absolute Gasteiger partial charge is 0.254 e. The van der Waals surface area contributed by atoms with Gasteiger partial charge in [-0.05, 0) is 23.0 Å². The predicted octanol–water partition coefficient (Wildman–Crippen LogP) is 1.38. The zero-order chi connectivity index (χ0) is 10.3. The lowest BCUT2D eigenvalue weighted by Gasteiger charge is -1.97. The van der Waals surface area contributed by atoms with Crippen LogP contribution in [0.1, 0.15) is 25.5 Å². The minimum atomic E-state index is 0.235. The number of methoxy groups -OCH3 is 1. The van der Waals surface area contributed by atoms with Gasteiger partial charge in [0.25, 0.3) is 5.88 Å². The van der Waals surface area contributed by atoms with Crippen molar-refractivity contribution < 1.29 is 9.26 Å². The average Bonchev–Trinajstić information content (AvgIpc) is 2.55. The summed E-state index contributed by atoms with van der Waals surface area (Å²) < 4.78 is 10.2. The largest absolute Gasteiger partial charge is 0.479 e. The van der Waals surface area contributed by atoms with E-state index in [2.05, 4.69) is 19.0 Å². The zero-order valence-electron chi connectivity index (χ0n) is 8.78. The molecule has 4 nitrogen and oxygen atoms in total. The molecule has 0 aliphatic heterocycles. The third-order valence-corrected chi connectivity index (χ3v) is 3.33. The molecule has 2 N–H and O–H groups in total. The summed E-state index contributed by atoms with van der Waals surface area (Å²) in [6, 6.07) is 1.85. The summed E-state index contributed by atoms with van der Waals surface area (Å²) in [4.78, 5) is 0. The SMILES string of the molecule is COc1cc(C2C(CN)C2(C)C)on1. The van der Waals surface area contributed by atoms with Gasteiger partial charge in [0.2, 0.25) is 0 Å². The van der Waals surface area contributed by atoms with Gasteiger partial charge >= 0.3 is 0 Å². The van der Waals surface area contributed by atoms with Crippen LogP contribution in [-0.2, 0) is 0 Å². The number of rotatable bonds is 3. The van der Waals surface area contributed by atoms with Crippen LogP contribution in [0.5, 0.6) is 5.88 Å². The molecule has 0 bridgehead atoms. The zero-order valence-corrected chi connectivity index (χ0v) is 8.78. The third kappa shape index (κ3) is 1.21. The van der Waals surface area contributed by atoms with E-state index < -0.39 is 0 Å². The van der Waals surface area contributed by atoms with Crippen molar-refractivity contribution in [1.82, 2.24) is 5.16 Å². The first-order chi connectivity index (χ1) is 6.61. The molecule has 0 spiro atoms. The van der Waals surface area contributed by atoms with Gasteiger partial charge in [-0.2, -0.15) is 0 Å². The van der Waals surface area contributed by atoms with Crippen molar-refractivity contribution in [3.05, 3.63) is 11.8 Å². The monoisotopic (exact) mass is 196 g/mol. The fourth-order valence-electron chi connectivity index (χ4n) is 2.26. The first kappa shape index (κ1) is 9.52. The van der Waals surface area contributed by atoms with Gasteiger partial charge in [-0.1, -0.05) is 13.8 Å². The second-order valence-electron chi connectivity index (χ2n) is 4.41. The normalized spacial score (nSPS) is 28.9. The van der Waals surface area contributed by atoms with Crippen LogP contribution in [0, 0.1) is 11.3 Å². The van der Waals surface area contributed by atoms with E-state index in [-0.39, 0.29) is 5.41 Å². The number of hydrogen-bond donors (Lipinski definition) is 1. The van der Waals surface area contributed by atoms with Gasteiger partial charge < -0.3 is 15.0 Å². The lowest BCUT2D eigenvalue weighted by atomic mass is 10.1. The highest BCUT2D eigenvalue weighted by molar-refractivity contribution is 5.27. The number of ether oxygens (including phenoxy) is 1. The Labute approximate surface area is 83.4 Å². The molecule has 1 aliphatic rings. The molecule has 2 unspecified atom stereocenters. The van der Waals surface area contributed by atoms with E-state index in [0.29, 0.717) is 24.3 Å². The van der Waals surface area contributed by atoms with E-state index in [4.69, 9.17) is 15.0 Å². The summed E-state index contributed by atoms with van der Waals surface area (Å²) in [6.45, 7) is 5.09. The maximum Gasteiger partial charge on any atom is 0.254 e. The van der Waals surface area contributed by atoms with Crippen LogP contribution in [0.2, 0.25) is 0 Å². The first-order valence-corrected chi connectivity index (χ1v) is 4.82. The molecule has 0 amide bonds. The second kappa shape index (κ2) is 2.98. The molecule has 1 aliphatic carbocycles. The van der Waals surface area contributed by atoms with E-state index >= 15 is 0 Å². The molecule has 4 heteroatoms. The van der Waals surface area contributed by atoms with E-state index in [9.17, 15) is 0 Å². The number of aromatic nitrogens is 1. The summed E-state index contributed by atoms with van der Waals surface area (Å²) in [6.07, 6.45) is 0. The highest BCUT2D eigenvalue weighted by atomic mass is 16.5. The molecule has 0 saturated heterocycles. The quantitative estimate of drug-likeness (QED) is 0.793. The van der Waals surface area contributed by atoms with Gasteiger partial charge in [-0.25, -0.2) is 0 Å². The maximum atomic E-state index is 5.68. The van der Waals surface area contributed by atoms with Crippen molar-refractivity contribution in [3.63, 3.8) is 0 Å². The summed E-state index contributed by atoms with van der Waals surface area (Å²) in [5.41, 5.74) is 5.92. The Morgan fingerprint density at radius 2 is 2.36 bits per heavy atom. The van der Waals surface area contributed by atoms with E-state index in [1.54, 1.807) is 7.11 Å². The van der Waals surface area contributed by atoms with Gasteiger partial charge in [0, 0.05) is 12.0 Å². The third-order valence-electron chi connectivity index (χ3n) is 3.33. The van der Waals surface area contributed by atoms with Crippen molar-refractivity contribution in [3.8, 4) is 5.88 Å². The second-order valence-corrected chi connectivity index (χ2v) is 4.41. The van der Waals surface area contributed by atoms with Crippen molar-refractivity contribution in [2.75, 3.05) is 13.7 Å². The Hall–Kier alpha value is -1.03. The summed E-state index contributed by atoms with van der Waals surface area (Å²) in [5, 5.41) is 3.79. The highest BCUT2D eigenvalue weighted by Crippen LogP contribution is 2.63. The number of nitrogens with zero attached hydrogens (tertiary/aromatic N) is 1. The standard InChI is InChI=1S/C10H16N2O2/c1-10(2)6(5-11)9(10)7-4-8(13-3)12-14-7/h4,6,9H,5,11H2,1-3H3. The van der Waals surface area contributed by atoms with Crippen LogP contribution in [0.4, 0.5) is 0 Å². The first-order valence-electron chi connectivity index (χ1n) is 4.82. The minimum Gasteiger partial charge on any atom is -0.479 e. The van der Waals surface area contributed by atoms with Gasteiger partial charge in [-0.15, -0.1) is 0 Å². The maximum absolute atomic E-state index is 5.68. The molecule has 1 aromatic heterocycles. The molecule has 1 fully saturated rings. The Morgan fingerprint density at radius 1 is 1.64 bits per heavy atom. The van der Waals surface area contributed by atoms with Crippen molar-refractivity contribution >= 4 is 0 Å². The van der Waals surface area contributed by atoms with Crippen LogP contribution in [-0.4, -0.2) is 18.8 Å². The Bertz CT molecular complexity index is 333. The average molecular weight is 196 g/mol. The highest BCUT2D eigenvalue weighted by Gasteiger charge is 2.59. The molecule has 14 heavy (non-hydrogen) atoms. The van der Waals surface area contributed by atoms with Crippen LogP contribution >= 0.6 is 0 Å². The molecule has 0 aromatic carbocycles. The van der Waals surface area contributed by atoms with Crippen LogP contribution in [0.25, 0.3) is 0 Å². The molecule has 78 valence electrons. The molecular weight excluding hydrogens is 180 g/mol. The Morgan fingerprint density at radius 3 is 2.79 bits per heavy atom. The van der Waals surface area contributed by atoms with Crippen molar-refractivity contribution in [2.45, 2.75) is 19.8 Å². The van der Waals surface area contributed by atoms with Crippen molar-refractivity contribution in [2.24, 2.45) is 17.1 Å². The topological polar surface area (TPSA) is 61.3 Å². The molecule has 1 saturated carbocycles. The lowest BCUT2D eigenvalue weighted by molar-refractivity contribution is 0.322. The fraction of sp³-hybridized carbons (Fsp3) is 0.700. The van der Waals surface area contributed by atoms with Crippen LogP contribution in [0.3, 0.4) is 0 Å². The molecular formula is C10H16N2O2. The van der Waals surface area contributed by atoms with Gasteiger partial charge in [0.1, 0.15) is 5.76 Å². The molecule has 1 aromatic rings. The summed E-state index contributed by atoms with van der Waals surface area (Å²) in [7, 11) is 1.58. The predicted molar refractivity (Wildman–Crippen MR) is 52.1 cm³/mol. The molecule has 2 atom stereocenters. The van der Waals surface area contributed by atoms with Crippen molar-refractivity contribution in [1.29, 1.82) is 0 Å². The van der Waals surface area contributed by atoms with Crippen LogP contribution in [0.15, 0.2) is 10.6 Å². The lowest BCUT2D eigenvalue weighted by Crippen LogP contribution is -2.05. The number of nitrogens with two attached hydrogens (primary N) is 1. The van der Waals surface area contributed by atoms with E-state index in [0.717, 1.165) is 5.76 Å². The van der Waals surface area contributed by atoms with E-state index in [1.165, 1.54) is 0 Å². The van der Waals surface area contributed by atoms with Crippen LogP contribution < -0.4 is 10.5 Å². The number of hydrogen-bond acceptors (Lipinski definition) is 4.